The maximum absolute atomic E-state index is 5.24. The molecule has 208 valence electrons. The zero-order chi connectivity index (χ0) is 29.3. The number of amidine groups is 1. The lowest BCUT2D eigenvalue weighted by atomic mass is 9.89. The van der Waals surface area contributed by atoms with Crippen molar-refractivity contribution in [3.05, 3.63) is 181 Å². The largest absolute Gasteiger partial charge is 0.359 e. The Labute approximate surface area is 256 Å². The minimum atomic E-state index is -0.0285. The standard InChI is InChI=1S/C41H29N3/c1-3-13-28(14-4-1)38-27-39(29-15-5-2-6-16-29)44-41(43-38)34-25-32(37-21-11-12-22-42-37)24-33(26-34)40-35-19-9-7-17-30(35)23-31-18-8-10-20-36(31)40/h1-27,38H,(H,43,44). The molecule has 0 amide bonds. The van der Waals surface area contributed by atoms with E-state index in [-0.39, 0.29) is 6.04 Å². The van der Waals surface area contributed by atoms with E-state index >= 15 is 0 Å². The minimum absolute atomic E-state index is 0.0285. The molecule has 1 aliphatic rings. The fraction of sp³-hybridized carbons (Fsp3) is 0.0244. The smallest absolute Gasteiger partial charge is 0.134 e. The van der Waals surface area contributed by atoms with Crippen LogP contribution in [0.4, 0.5) is 0 Å². The number of fused-ring (bicyclic) bond motifs is 2. The van der Waals surface area contributed by atoms with Crippen molar-refractivity contribution in [2.24, 2.45) is 4.99 Å². The van der Waals surface area contributed by atoms with Crippen LogP contribution in [0, 0.1) is 0 Å². The normalized spacial score (nSPS) is 14.6. The van der Waals surface area contributed by atoms with E-state index in [9.17, 15) is 0 Å². The Morgan fingerprint density at radius 1 is 0.500 bits per heavy atom. The lowest BCUT2D eigenvalue weighted by molar-refractivity contribution is 0.781. The van der Waals surface area contributed by atoms with Gasteiger partial charge in [-0.15, -0.1) is 0 Å². The van der Waals surface area contributed by atoms with E-state index in [2.05, 4.69) is 145 Å². The molecule has 1 atom stereocenters. The van der Waals surface area contributed by atoms with E-state index in [0.29, 0.717) is 0 Å². The van der Waals surface area contributed by atoms with Gasteiger partial charge in [0.2, 0.25) is 0 Å². The lowest BCUT2D eigenvalue weighted by Crippen LogP contribution is -2.31. The first-order chi connectivity index (χ1) is 21.8. The highest BCUT2D eigenvalue weighted by Gasteiger charge is 2.21. The number of nitrogens with zero attached hydrogens (tertiary/aromatic N) is 2. The van der Waals surface area contributed by atoms with Crippen molar-refractivity contribution in [2.45, 2.75) is 6.04 Å². The maximum Gasteiger partial charge on any atom is 0.134 e. The number of nitrogens with one attached hydrogen (secondary N) is 1. The molecule has 1 N–H and O–H groups in total. The van der Waals surface area contributed by atoms with Crippen LogP contribution in [0.25, 0.3) is 49.6 Å². The van der Waals surface area contributed by atoms with Gasteiger partial charge in [0.05, 0.1) is 17.4 Å². The van der Waals surface area contributed by atoms with E-state index in [1.807, 2.05) is 24.4 Å². The number of benzene rings is 6. The van der Waals surface area contributed by atoms with Gasteiger partial charge in [-0.1, -0.05) is 115 Å². The van der Waals surface area contributed by atoms with Gasteiger partial charge in [-0.3, -0.25) is 4.98 Å². The quantitative estimate of drug-likeness (QED) is 0.212. The maximum atomic E-state index is 5.24. The summed E-state index contributed by atoms with van der Waals surface area (Å²) in [4.78, 5) is 9.99. The average Bonchev–Trinajstić information content (AvgIpc) is 3.11. The summed E-state index contributed by atoms with van der Waals surface area (Å²) in [6, 6.07) is 53.4. The van der Waals surface area contributed by atoms with Crippen molar-refractivity contribution >= 4 is 33.1 Å². The zero-order valence-corrected chi connectivity index (χ0v) is 24.1. The summed E-state index contributed by atoms with van der Waals surface area (Å²) in [6.45, 7) is 0. The van der Waals surface area contributed by atoms with Gasteiger partial charge in [0.1, 0.15) is 5.84 Å². The van der Waals surface area contributed by atoms with E-state index in [4.69, 9.17) is 9.98 Å². The van der Waals surface area contributed by atoms with E-state index < -0.39 is 0 Å². The second-order valence-electron chi connectivity index (χ2n) is 11.1. The van der Waals surface area contributed by atoms with Gasteiger partial charge in [0, 0.05) is 17.3 Å². The molecule has 3 nitrogen and oxygen atoms in total. The number of hydrogen-bond donors (Lipinski definition) is 1. The van der Waals surface area contributed by atoms with Crippen LogP contribution in [0.5, 0.6) is 0 Å². The molecule has 0 bridgehead atoms. The molecule has 0 saturated carbocycles. The fourth-order valence-corrected chi connectivity index (χ4v) is 6.21. The first kappa shape index (κ1) is 25.9. The molecule has 44 heavy (non-hydrogen) atoms. The van der Waals surface area contributed by atoms with Gasteiger partial charge in [-0.25, -0.2) is 4.99 Å². The van der Waals surface area contributed by atoms with Crippen molar-refractivity contribution in [1.29, 1.82) is 0 Å². The molecule has 0 saturated heterocycles. The van der Waals surface area contributed by atoms with E-state index in [1.54, 1.807) is 0 Å². The molecule has 2 heterocycles. The predicted molar refractivity (Wildman–Crippen MR) is 183 cm³/mol. The number of aliphatic imine (C=N–C) groups is 1. The average molecular weight is 564 g/mol. The Morgan fingerprint density at radius 2 is 1.11 bits per heavy atom. The van der Waals surface area contributed by atoms with E-state index in [0.717, 1.165) is 39.5 Å². The number of hydrogen-bond acceptors (Lipinski definition) is 3. The van der Waals surface area contributed by atoms with Crippen LogP contribution in [-0.4, -0.2) is 10.8 Å². The molecule has 0 radical (unpaired) electrons. The predicted octanol–water partition coefficient (Wildman–Crippen LogP) is 9.85. The highest BCUT2D eigenvalue weighted by Crippen LogP contribution is 2.39. The molecule has 1 aromatic heterocycles. The van der Waals surface area contributed by atoms with Gasteiger partial charge >= 0.3 is 0 Å². The summed E-state index contributed by atoms with van der Waals surface area (Å²) < 4.78 is 0. The minimum Gasteiger partial charge on any atom is -0.359 e. The molecule has 3 heteroatoms. The molecule has 1 aliphatic heterocycles. The van der Waals surface area contributed by atoms with Crippen LogP contribution >= 0.6 is 0 Å². The summed E-state index contributed by atoms with van der Waals surface area (Å²) in [6.07, 6.45) is 4.07. The van der Waals surface area contributed by atoms with E-state index in [1.165, 1.54) is 32.7 Å². The van der Waals surface area contributed by atoms with Gasteiger partial charge in [0.15, 0.2) is 0 Å². The Morgan fingerprint density at radius 3 is 1.82 bits per heavy atom. The highest BCUT2D eigenvalue weighted by atomic mass is 15.0. The molecule has 6 aromatic carbocycles. The molecular formula is C41H29N3. The molecule has 7 aromatic rings. The van der Waals surface area contributed by atoms with Gasteiger partial charge in [-0.05, 0) is 86.3 Å². The number of rotatable bonds is 5. The van der Waals surface area contributed by atoms with Crippen molar-refractivity contribution in [1.82, 2.24) is 10.3 Å². The summed E-state index contributed by atoms with van der Waals surface area (Å²) in [7, 11) is 0. The van der Waals surface area contributed by atoms with Crippen LogP contribution < -0.4 is 5.32 Å². The van der Waals surface area contributed by atoms with Crippen molar-refractivity contribution in [2.75, 3.05) is 0 Å². The van der Waals surface area contributed by atoms with Crippen LogP contribution in [0.3, 0.4) is 0 Å². The third kappa shape index (κ3) is 4.85. The van der Waals surface area contributed by atoms with Crippen LogP contribution in [0.2, 0.25) is 0 Å². The second-order valence-corrected chi connectivity index (χ2v) is 11.1. The Kier molecular flexibility index (Phi) is 6.54. The topological polar surface area (TPSA) is 37.3 Å². The van der Waals surface area contributed by atoms with Crippen molar-refractivity contribution < 1.29 is 0 Å². The van der Waals surface area contributed by atoms with Crippen LogP contribution in [0.15, 0.2) is 169 Å². The molecule has 0 fully saturated rings. The third-order valence-electron chi connectivity index (χ3n) is 8.30. The number of pyridine rings is 1. The highest BCUT2D eigenvalue weighted by molar-refractivity contribution is 6.14. The zero-order valence-electron chi connectivity index (χ0n) is 24.1. The fourth-order valence-electron chi connectivity index (χ4n) is 6.21. The van der Waals surface area contributed by atoms with Crippen LogP contribution in [-0.2, 0) is 0 Å². The van der Waals surface area contributed by atoms with Gasteiger partial charge < -0.3 is 5.32 Å². The molecule has 8 rings (SSSR count). The first-order valence-corrected chi connectivity index (χ1v) is 15.0. The van der Waals surface area contributed by atoms with Crippen molar-refractivity contribution in [3.8, 4) is 22.4 Å². The molecule has 0 spiro atoms. The lowest BCUT2D eigenvalue weighted by Gasteiger charge is -2.25. The Bertz CT molecular complexity index is 2130. The summed E-state index contributed by atoms with van der Waals surface area (Å²) in [5.74, 6) is 0.837. The molecular weight excluding hydrogens is 534 g/mol. The Balaban J connectivity index is 1.37. The summed E-state index contributed by atoms with van der Waals surface area (Å²) in [5.41, 5.74) is 8.57. The first-order valence-electron chi connectivity index (χ1n) is 15.0. The van der Waals surface area contributed by atoms with Gasteiger partial charge in [-0.2, -0.15) is 0 Å². The van der Waals surface area contributed by atoms with Crippen LogP contribution in [0.1, 0.15) is 22.7 Å². The SMILES string of the molecule is C1=C(c2ccccc2)N=C(c2cc(-c3ccccn3)cc(-c3c4ccccc4cc4ccccc34)c2)NC1c1ccccc1. The Hall–Kier alpha value is -5.80. The second kappa shape index (κ2) is 11.1. The molecule has 0 aliphatic carbocycles. The molecule has 1 unspecified atom stereocenters. The summed E-state index contributed by atoms with van der Waals surface area (Å²) in [5, 5.41) is 8.66. The third-order valence-corrected chi connectivity index (χ3v) is 8.30. The van der Waals surface area contributed by atoms with Gasteiger partial charge in [0.25, 0.3) is 0 Å². The summed E-state index contributed by atoms with van der Waals surface area (Å²) >= 11 is 0. The van der Waals surface area contributed by atoms with Crippen molar-refractivity contribution in [3.63, 3.8) is 0 Å². The number of aromatic nitrogens is 1. The monoisotopic (exact) mass is 563 g/mol.